The molecule has 3 rings (SSSR count). The fourth-order valence-corrected chi connectivity index (χ4v) is 3.87. The molecule has 0 saturated heterocycles. The zero-order valence-electron chi connectivity index (χ0n) is 17.5. The van der Waals surface area contributed by atoms with E-state index < -0.39 is 18.1 Å². The highest BCUT2D eigenvalue weighted by Gasteiger charge is 2.33. The van der Waals surface area contributed by atoms with E-state index in [2.05, 4.69) is 16.7 Å². The Balaban J connectivity index is 1.60. The molecule has 31 heavy (non-hydrogen) atoms. The summed E-state index contributed by atoms with van der Waals surface area (Å²) in [5.41, 5.74) is 2.48. The van der Waals surface area contributed by atoms with Crippen molar-refractivity contribution >= 4 is 12.0 Å². The van der Waals surface area contributed by atoms with Crippen LogP contribution in [0.2, 0.25) is 0 Å². The highest BCUT2D eigenvalue weighted by molar-refractivity contribution is 5.81. The first kappa shape index (κ1) is 22.2. The summed E-state index contributed by atoms with van der Waals surface area (Å²) in [7, 11) is 0. The molecule has 1 aliphatic rings. The van der Waals surface area contributed by atoms with E-state index in [9.17, 15) is 20.0 Å². The third-order valence-electron chi connectivity index (χ3n) is 5.65. The molecule has 0 bridgehead atoms. The molecule has 0 radical (unpaired) electrons. The number of benzene rings is 2. The lowest BCUT2D eigenvalue weighted by molar-refractivity contribution is -0.127. The molecule has 0 aliphatic heterocycles. The van der Waals surface area contributed by atoms with Gasteiger partial charge in [-0.25, -0.2) is 4.79 Å². The van der Waals surface area contributed by atoms with Gasteiger partial charge in [0.1, 0.15) is 18.4 Å². The van der Waals surface area contributed by atoms with E-state index >= 15 is 0 Å². The molecule has 0 heterocycles. The maximum absolute atomic E-state index is 12.9. The second-order valence-corrected chi connectivity index (χ2v) is 7.81. The smallest absolute Gasteiger partial charge is 0.407 e. The predicted octanol–water partition coefficient (Wildman–Crippen LogP) is 3.87. The van der Waals surface area contributed by atoms with Crippen LogP contribution in [0.4, 0.5) is 4.79 Å². The van der Waals surface area contributed by atoms with Gasteiger partial charge in [0.05, 0.1) is 12.0 Å². The Morgan fingerprint density at radius 3 is 2.71 bits per heavy atom. The Morgan fingerprint density at radius 2 is 1.97 bits per heavy atom. The van der Waals surface area contributed by atoms with E-state index in [1.165, 1.54) is 12.1 Å². The average molecular weight is 421 g/mol. The number of phenols is 1. The molecule has 1 aliphatic carbocycles. The van der Waals surface area contributed by atoms with Gasteiger partial charge in [0, 0.05) is 6.04 Å². The van der Waals surface area contributed by atoms with Crippen molar-refractivity contribution in [3.8, 4) is 11.8 Å². The summed E-state index contributed by atoms with van der Waals surface area (Å²) in [6.07, 6.45) is 2.50. The van der Waals surface area contributed by atoms with Gasteiger partial charge in [-0.15, -0.1) is 0 Å². The van der Waals surface area contributed by atoms with Gasteiger partial charge in [-0.3, -0.25) is 4.79 Å². The van der Waals surface area contributed by atoms with Crippen LogP contribution in [0.5, 0.6) is 5.75 Å². The van der Waals surface area contributed by atoms with Crippen LogP contribution in [0.25, 0.3) is 0 Å². The van der Waals surface area contributed by atoms with E-state index in [0.717, 1.165) is 24.0 Å². The van der Waals surface area contributed by atoms with E-state index in [0.29, 0.717) is 18.4 Å². The Hall–Kier alpha value is -3.53. The fraction of sp³-hybridized carbons (Fsp3) is 0.375. The van der Waals surface area contributed by atoms with Gasteiger partial charge in [-0.1, -0.05) is 49.2 Å². The first-order valence-electron chi connectivity index (χ1n) is 10.4. The van der Waals surface area contributed by atoms with Crippen LogP contribution in [0, 0.1) is 24.2 Å². The molecule has 162 valence electrons. The summed E-state index contributed by atoms with van der Waals surface area (Å²) in [6, 6.07) is 14.8. The van der Waals surface area contributed by atoms with Crippen LogP contribution in [0.15, 0.2) is 48.5 Å². The van der Waals surface area contributed by atoms with E-state index in [1.807, 2.05) is 31.2 Å². The zero-order valence-corrected chi connectivity index (χ0v) is 17.5. The summed E-state index contributed by atoms with van der Waals surface area (Å²) in [6.45, 7) is 2.12. The number of aromatic hydroxyl groups is 1. The minimum atomic E-state index is -0.879. The van der Waals surface area contributed by atoms with Crippen molar-refractivity contribution in [1.82, 2.24) is 10.6 Å². The van der Waals surface area contributed by atoms with Crippen LogP contribution >= 0.6 is 0 Å². The van der Waals surface area contributed by atoms with Crippen molar-refractivity contribution in [2.45, 2.75) is 51.3 Å². The van der Waals surface area contributed by atoms with E-state index in [-0.39, 0.29) is 24.3 Å². The van der Waals surface area contributed by atoms with Crippen LogP contribution in [-0.4, -0.2) is 23.1 Å². The number of ether oxygens (including phenoxy) is 1. The molecule has 3 N–H and O–H groups in total. The van der Waals surface area contributed by atoms with Crippen LogP contribution in [0.1, 0.15) is 48.4 Å². The van der Waals surface area contributed by atoms with Gasteiger partial charge < -0.3 is 20.5 Å². The Bertz CT molecular complexity index is 969. The number of hydrogen-bond acceptors (Lipinski definition) is 5. The Labute approximate surface area is 182 Å². The van der Waals surface area contributed by atoms with Crippen LogP contribution in [0.3, 0.4) is 0 Å². The van der Waals surface area contributed by atoms with Crippen molar-refractivity contribution in [3.63, 3.8) is 0 Å². The molecular weight excluding hydrogens is 394 g/mol. The van der Waals surface area contributed by atoms with Gasteiger partial charge >= 0.3 is 6.09 Å². The quantitative estimate of drug-likeness (QED) is 0.656. The van der Waals surface area contributed by atoms with Crippen LogP contribution < -0.4 is 10.6 Å². The van der Waals surface area contributed by atoms with Crippen molar-refractivity contribution in [3.05, 3.63) is 65.2 Å². The van der Waals surface area contributed by atoms with Crippen molar-refractivity contribution < 1.29 is 19.4 Å². The molecule has 3 unspecified atom stereocenters. The summed E-state index contributed by atoms with van der Waals surface area (Å²) < 4.78 is 5.36. The number of nitrogens with one attached hydrogen (secondary N) is 2. The Morgan fingerprint density at radius 1 is 1.19 bits per heavy atom. The molecule has 2 amide bonds. The number of carbonyl (C=O) groups is 2. The lowest BCUT2D eigenvalue weighted by Crippen LogP contribution is -2.49. The number of nitrogens with zero attached hydrogens (tertiary/aromatic N) is 1. The zero-order chi connectivity index (χ0) is 22.2. The third-order valence-corrected chi connectivity index (χ3v) is 5.65. The Kier molecular flexibility index (Phi) is 7.50. The van der Waals surface area contributed by atoms with Gasteiger partial charge in [-0.2, -0.15) is 5.26 Å². The fourth-order valence-electron chi connectivity index (χ4n) is 3.87. The molecular formula is C24H27N3O4. The third kappa shape index (κ3) is 5.98. The molecule has 0 spiro atoms. The van der Waals surface area contributed by atoms with E-state index in [1.54, 1.807) is 12.1 Å². The van der Waals surface area contributed by atoms with Crippen molar-refractivity contribution in [2.75, 3.05) is 0 Å². The minimum absolute atomic E-state index is 0.0283. The summed E-state index contributed by atoms with van der Waals surface area (Å²) in [5.74, 6) is -0.715. The number of rotatable bonds is 6. The highest BCUT2D eigenvalue weighted by Crippen LogP contribution is 2.26. The molecule has 3 atom stereocenters. The largest absolute Gasteiger partial charge is 0.508 e. The SMILES string of the molecule is Cc1ccccc1COC(=O)NC1CCCCC1C(=O)NC(C#N)c1cccc(O)c1. The van der Waals surface area contributed by atoms with Gasteiger partial charge in [-0.05, 0) is 48.6 Å². The lowest BCUT2D eigenvalue weighted by Gasteiger charge is -2.31. The van der Waals surface area contributed by atoms with Crippen molar-refractivity contribution in [1.29, 1.82) is 5.26 Å². The number of nitriles is 1. The number of alkyl carbamates (subject to hydrolysis) is 1. The molecule has 2 aromatic rings. The molecule has 0 aromatic heterocycles. The van der Waals surface area contributed by atoms with E-state index in [4.69, 9.17) is 4.74 Å². The molecule has 2 aromatic carbocycles. The molecule has 1 fully saturated rings. The van der Waals surface area contributed by atoms with Crippen molar-refractivity contribution in [2.24, 2.45) is 5.92 Å². The summed E-state index contributed by atoms with van der Waals surface area (Å²) in [5, 5.41) is 24.7. The second-order valence-electron chi connectivity index (χ2n) is 7.81. The number of carbonyl (C=O) groups excluding carboxylic acids is 2. The number of aryl methyl sites for hydroxylation is 1. The molecule has 7 nitrogen and oxygen atoms in total. The maximum atomic E-state index is 12.9. The summed E-state index contributed by atoms with van der Waals surface area (Å²) in [4.78, 5) is 25.3. The predicted molar refractivity (Wildman–Crippen MR) is 115 cm³/mol. The van der Waals surface area contributed by atoms with Gasteiger partial charge in [0.25, 0.3) is 0 Å². The molecule has 7 heteroatoms. The van der Waals surface area contributed by atoms with Gasteiger partial charge in [0.15, 0.2) is 0 Å². The van der Waals surface area contributed by atoms with Gasteiger partial charge in [0.2, 0.25) is 5.91 Å². The number of amides is 2. The minimum Gasteiger partial charge on any atom is -0.508 e. The lowest BCUT2D eigenvalue weighted by atomic mass is 9.83. The second kappa shape index (κ2) is 10.5. The maximum Gasteiger partial charge on any atom is 0.407 e. The summed E-state index contributed by atoms with van der Waals surface area (Å²) >= 11 is 0. The molecule has 1 saturated carbocycles. The van der Waals surface area contributed by atoms with Crippen LogP contribution in [-0.2, 0) is 16.1 Å². The monoisotopic (exact) mass is 421 g/mol. The highest BCUT2D eigenvalue weighted by atomic mass is 16.5. The normalized spacial score (nSPS) is 19.0. The first-order valence-corrected chi connectivity index (χ1v) is 10.4. The topological polar surface area (TPSA) is 111 Å². The number of hydrogen-bond donors (Lipinski definition) is 3. The standard InChI is InChI=1S/C24H27N3O4/c1-16-7-2-3-8-18(16)15-31-24(30)27-21-12-5-4-11-20(21)23(29)26-22(14-25)17-9-6-10-19(28)13-17/h2-3,6-10,13,20-22,28H,4-5,11-12,15H2,1H3,(H,26,29)(H,27,30). The average Bonchev–Trinajstić information content (AvgIpc) is 2.77. The number of phenolic OH excluding ortho intramolecular Hbond substituents is 1. The first-order chi connectivity index (χ1) is 15.0.